The van der Waals surface area contributed by atoms with Crippen LogP contribution in [-0.4, -0.2) is 21.4 Å². The van der Waals surface area contributed by atoms with Crippen LogP contribution >= 0.6 is 0 Å². The molecule has 0 aliphatic carbocycles. The van der Waals surface area contributed by atoms with E-state index < -0.39 is 23.3 Å². The van der Waals surface area contributed by atoms with Crippen molar-refractivity contribution in [1.82, 2.24) is 9.97 Å². The molecule has 0 unspecified atom stereocenters. The number of hydrogen-bond acceptors (Lipinski definition) is 3. The molecule has 118 valence electrons. The molecule has 2 aromatic rings. The number of carbonyl (C=O) groups is 1. The topological polar surface area (TPSA) is 69.8 Å². The Morgan fingerprint density at radius 3 is 2.36 bits per heavy atom. The number of H-pyrrole nitrogens is 1. The summed E-state index contributed by atoms with van der Waals surface area (Å²) < 4.78 is 37.4. The number of aromatic amines is 1. The summed E-state index contributed by atoms with van der Waals surface area (Å²) in [7, 11) is 0. The smallest absolute Gasteiger partial charge is 0.372 e. The number of anilines is 2. The van der Waals surface area contributed by atoms with Gasteiger partial charge in [-0.1, -0.05) is 18.2 Å². The lowest BCUT2D eigenvalue weighted by molar-refractivity contribution is -0.140. The number of para-hydroxylation sites is 1. The minimum Gasteiger partial charge on any atom is -0.372 e. The van der Waals surface area contributed by atoms with Crippen LogP contribution in [0.1, 0.15) is 19.5 Å². The van der Waals surface area contributed by atoms with Gasteiger partial charge in [0, 0.05) is 5.69 Å². The molecule has 1 amide bonds. The van der Waals surface area contributed by atoms with Crippen LogP contribution in [0.5, 0.6) is 0 Å². The first-order valence-corrected chi connectivity index (χ1v) is 6.45. The monoisotopic (exact) mass is 312 g/mol. The molecule has 0 atom stereocenters. The molecule has 0 saturated heterocycles. The van der Waals surface area contributed by atoms with Gasteiger partial charge in [0.25, 0.3) is 5.91 Å². The normalized spacial score (nSPS) is 12.0. The van der Waals surface area contributed by atoms with Crippen molar-refractivity contribution in [3.8, 4) is 0 Å². The fourth-order valence-electron chi connectivity index (χ4n) is 1.73. The molecule has 0 aliphatic heterocycles. The fourth-order valence-corrected chi connectivity index (χ4v) is 1.73. The number of amides is 1. The number of benzene rings is 1. The van der Waals surface area contributed by atoms with Crippen molar-refractivity contribution >= 4 is 17.5 Å². The van der Waals surface area contributed by atoms with E-state index in [1.807, 2.05) is 11.1 Å². The van der Waals surface area contributed by atoms with Crippen LogP contribution < -0.4 is 10.6 Å². The van der Waals surface area contributed by atoms with Gasteiger partial charge in [0.05, 0.1) is 6.20 Å². The van der Waals surface area contributed by atoms with E-state index in [0.29, 0.717) is 6.20 Å². The van der Waals surface area contributed by atoms with Crippen molar-refractivity contribution in [2.75, 3.05) is 10.6 Å². The molecular formula is C14H15F3N4O. The zero-order valence-electron chi connectivity index (χ0n) is 12.0. The van der Waals surface area contributed by atoms with E-state index in [9.17, 15) is 18.0 Å². The van der Waals surface area contributed by atoms with E-state index in [0.717, 1.165) is 5.69 Å². The van der Waals surface area contributed by atoms with Crippen molar-refractivity contribution < 1.29 is 18.0 Å². The number of aromatic nitrogens is 2. The van der Waals surface area contributed by atoms with Crippen molar-refractivity contribution in [2.45, 2.75) is 25.6 Å². The standard InChI is InChI=1S/C14H15F3N4O/c1-13(2,21-9-6-4-3-5-7-9)11(22)20-12-18-8-10(19-12)14(15,16)17/h3-8,21H,1-2H3,(H2,18,19,20,22). The first-order valence-electron chi connectivity index (χ1n) is 6.45. The Morgan fingerprint density at radius 1 is 1.18 bits per heavy atom. The van der Waals surface area contributed by atoms with Gasteiger partial charge in [-0.2, -0.15) is 13.2 Å². The molecule has 0 fully saturated rings. The molecule has 1 heterocycles. The highest BCUT2D eigenvalue weighted by Crippen LogP contribution is 2.28. The molecule has 5 nitrogen and oxygen atoms in total. The Morgan fingerprint density at radius 2 is 1.82 bits per heavy atom. The van der Waals surface area contributed by atoms with Crippen LogP contribution in [0, 0.1) is 0 Å². The van der Waals surface area contributed by atoms with E-state index >= 15 is 0 Å². The average molecular weight is 312 g/mol. The van der Waals surface area contributed by atoms with Crippen molar-refractivity contribution in [1.29, 1.82) is 0 Å². The van der Waals surface area contributed by atoms with E-state index in [1.54, 1.807) is 38.1 Å². The van der Waals surface area contributed by atoms with Crippen LogP contribution in [0.2, 0.25) is 0 Å². The molecule has 0 saturated carbocycles. The van der Waals surface area contributed by atoms with Crippen LogP contribution in [0.3, 0.4) is 0 Å². The van der Waals surface area contributed by atoms with Gasteiger partial charge in [0.2, 0.25) is 5.95 Å². The largest absolute Gasteiger partial charge is 0.432 e. The Balaban J connectivity index is 2.06. The maximum absolute atomic E-state index is 12.5. The second kappa shape index (κ2) is 5.70. The van der Waals surface area contributed by atoms with Crippen LogP contribution in [0.25, 0.3) is 0 Å². The lowest BCUT2D eigenvalue weighted by atomic mass is 10.0. The predicted octanol–water partition coefficient (Wildman–Crippen LogP) is 3.26. The summed E-state index contributed by atoms with van der Waals surface area (Å²) >= 11 is 0. The van der Waals surface area contributed by atoms with Crippen LogP contribution in [0.15, 0.2) is 36.5 Å². The van der Waals surface area contributed by atoms with E-state index in [-0.39, 0.29) is 5.95 Å². The SMILES string of the molecule is CC(C)(Nc1ccccc1)C(=O)Nc1ncc(C(F)(F)F)[nH]1. The van der Waals surface area contributed by atoms with Gasteiger partial charge in [-0.3, -0.25) is 10.1 Å². The quantitative estimate of drug-likeness (QED) is 0.811. The lowest BCUT2D eigenvalue weighted by Crippen LogP contribution is -2.44. The predicted molar refractivity (Wildman–Crippen MR) is 76.4 cm³/mol. The van der Waals surface area contributed by atoms with E-state index in [1.165, 1.54) is 0 Å². The average Bonchev–Trinajstić information content (AvgIpc) is 2.88. The summed E-state index contributed by atoms with van der Waals surface area (Å²) in [6, 6.07) is 9.00. The molecule has 0 aliphatic rings. The van der Waals surface area contributed by atoms with Crippen LogP contribution in [-0.2, 0) is 11.0 Å². The Labute approximate surface area is 124 Å². The van der Waals surface area contributed by atoms with E-state index in [4.69, 9.17) is 0 Å². The third-order valence-electron chi connectivity index (χ3n) is 2.91. The maximum atomic E-state index is 12.5. The molecular weight excluding hydrogens is 297 g/mol. The summed E-state index contributed by atoms with van der Waals surface area (Å²) in [5.41, 5.74) is -1.33. The lowest BCUT2D eigenvalue weighted by Gasteiger charge is -2.25. The van der Waals surface area contributed by atoms with E-state index in [2.05, 4.69) is 15.6 Å². The molecule has 0 bridgehead atoms. The first kappa shape index (κ1) is 15.9. The number of nitrogens with zero attached hydrogens (tertiary/aromatic N) is 1. The molecule has 22 heavy (non-hydrogen) atoms. The summed E-state index contributed by atoms with van der Waals surface area (Å²) in [4.78, 5) is 17.7. The van der Waals surface area contributed by atoms with Crippen molar-refractivity contribution in [3.63, 3.8) is 0 Å². The van der Waals surface area contributed by atoms with Gasteiger partial charge >= 0.3 is 6.18 Å². The molecule has 1 aromatic carbocycles. The summed E-state index contributed by atoms with van der Waals surface area (Å²) in [5, 5.41) is 5.33. The second-order valence-electron chi connectivity index (χ2n) is 5.21. The molecule has 8 heteroatoms. The molecule has 2 rings (SSSR count). The number of imidazole rings is 1. The highest BCUT2D eigenvalue weighted by molar-refractivity contribution is 5.98. The molecule has 3 N–H and O–H groups in total. The van der Waals surface area contributed by atoms with Gasteiger partial charge in [0.1, 0.15) is 11.2 Å². The third kappa shape index (κ3) is 3.78. The van der Waals surface area contributed by atoms with Crippen LogP contribution in [0.4, 0.5) is 24.8 Å². The minimum atomic E-state index is -4.53. The Hall–Kier alpha value is -2.51. The Bertz CT molecular complexity index is 650. The summed E-state index contributed by atoms with van der Waals surface area (Å²) in [5.74, 6) is -0.764. The Kier molecular flexibility index (Phi) is 4.11. The van der Waals surface area contributed by atoms with Gasteiger partial charge in [-0.05, 0) is 26.0 Å². The zero-order valence-corrected chi connectivity index (χ0v) is 12.0. The van der Waals surface area contributed by atoms with Crippen molar-refractivity contribution in [3.05, 3.63) is 42.2 Å². The number of nitrogens with one attached hydrogen (secondary N) is 3. The molecule has 0 radical (unpaired) electrons. The van der Waals surface area contributed by atoms with Gasteiger partial charge in [0.15, 0.2) is 0 Å². The number of carbonyl (C=O) groups excluding carboxylic acids is 1. The third-order valence-corrected chi connectivity index (χ3v) is 2.91. The second-order valence-corrected chi connectivity index (χ2v) is 5.21. The van der Waals surface area contributed by atoms with Gasteiger partial charge < -0.3 is 10.3 Å². The number of hydrogen-bond donors (Lipinski definition) is 3. The number of rotatable bonds is 4. The fraction of sp³-hybridized carbons (Fsp3) is 0.286. The van der Waals surface area contributed by atoms with Crippen molar-refractivity contribution in [2.24, 2.45) is 0 Å². The van der Waals surface area contributed by atoms with Gasteiger partial charge in [-0.15, -0.1) is 0 Å². The maximum Gasteiger partial charge on any atom is 0.432 e. The highest BCUT2D eigenvalue weighted by Gasteiger charge is 2.34. The summed E-state index contributed by atoms with van der Waals surface area (Å²) in [6.45, 7) is 3.23. The first-order chi connectivity index (χ1) is 10.2. The number of alkyl halides is 3. The summed E-state index contributed by atoms with van der Waals surface area (Å²) in [6.07, 6.45) is -3.90. The number of halogens is 3. The molecule has 0 spiro atoms. The van der Waals surface area contributed by atoms with Gasteiger partial charge in [-0.25, -0.2) is 4.98 Å². The highest BCUT2D eigenvalue weighted by atomic mass is 19.4. The minimum absolute atomic E-state index is 0.250. The molecule has 1 aromatic heterocycles. The zero-order chi connectivity index (χ0) is 16.4.